The summed E-state index contributed by atoms with van der Waals surface area (Å²) in [6, 6.07) is 4.13. The van der Waals surface area contributed by atoms with Gasteiger partial charge in [-0.2, -0.15) is 18.4 Å². The smallest absolute Gasteiger partial charge is 0.418 e. The van der Waals surface area contributed by atoms with Gasteiger partial charge in [0.1, 0.15) is 23.6 Å². The van der Waals surface area contributed by atoms with Crippen LogP contribution in [-0.2, 0) is 10.9 Å². The monoisotopic (exact) mass is 501 g/mol. The van der Waals surface area contributed by atoms with E-state index in [0.717, 1.165) is 6.20 Å². The first-order chi connectivity index (χ1) is 16.8. The molecule has 0 aliphatic carbocycles. The normalized spacial score (nSPS) is 18.9. The SMILES string of the molecule is CC1CN(C(=O)OC(C)(C)C)[C@H](C)CN1c1ncnc2c1c(C(F)(F)F)cn2-c1cc(C#N)ccn1. The Labute approximate surface area is 206 Å². The lowest BCUT2D eigenvalue weighted by atomic mass is 10.1. The number of carbonyl (C=O) groups excluding carboxylic acids is 1. The number of anilines is 1. The highest BCUT2D eigenvalue weighted by Gasteiger charge is 2.40. The minimum atomic E-state index is -4.69. The number of nitriles is 1. The molecule has 36 heavy (non-hydrogen) atoms. The molecule has 0 N–H and O–H groups in total. The Morgan fingerprint density at radius 3 is 2.50 bits per heavy atom. The predicted octanol–water partition coefficient (Wildman–Crippen LogP) is 4.54. The average Bonchev–Trinajstić information content (AvgIpc) is 3.20. The summed E-state index contributed by atoms with van der Waals surface area (Å²) in [7, 11) is 0. The van der Waals surface area contributed by atoms with Gasteiger partial charge in [-0.3, -0.25) is 4.57 Å². The molecule has 4 heterocycles. The van der Waals surface area contributed by atoms with E-state index in [1.54, 1.807) is 30.6 Å². The fraction of sp³-hybridized carbons (Fsp3) is 0.458. The van der Waals surface area contributed by atoms with Crippen molar-refractivity contribution in [3.8, 4) is 11.9 Å². The number of pyridine rings is 1. The molecular formula is C24H26F3N7O2. The van der Waals surface area contributed by atoms with Crippen LogP contribution in [0.3, 0.4) is 0 Å². The number of fused-ring (bicyclic) bond motifs is 1. The Bertz CT molecular complexity index is 1340. The van der Waals surface area contributed by atoms with Crippen molar-refractivity contribution in [2.45, 2.75) is 58.5 Å². The van der Waals surface area contributed by atoms with Crippen LogP contribution in [0.4, 0.5) is 23.8 Å². The van der Waals surface area contributed by atoms with Crippen LogP contribution in [0.5, 0.6) is 0 Å². The van der Waals surface area contributed by atoms with Gasteiger partial charge in [-0.25, -0.2) is 19.7 Å². The Morgan fingerprint density at radius 2 is 1.86 bits per heavy atom. The minimum Gasteiger partial charge on any atom is -0.444 e. The molecule has 3 aromatic heterocycles. The van der Waals surface area contributed by atoms with Gasteiger partial charge >= 0.3 is 12.3 Å². The van der Waals surface area contributed by atoms with Crippen LogP contribution < -0.4 is 4.90 Å². The molecule has 4 rings (SSSR count). The number of aromatic nitrogens is 4. The van der Waals surface area contributed by atoms with Crippen LogP contribution in [0.2, 0.25) is 0 Å². The zero-order valence-electron chi connectivity index (χ0n) is 20.5. The van der Waals surface area contributed by atoms with Crippen molar-refractivity contribution in [2.75, 3.05) is 18.0 Å². The lowest BCUT2D eigenvalue weighted by molar-refractivity contribution is -0.136. The van der Waals surface area contributed by atoms with Gasteiger partial charge in [0.25, 0.3) is 0 Å². The third-order valence-corrected chi connectivity index (χ3v) is 5.88. The number of hydrogen-bond acceptors (Lipinski definition) is 7. The molecule has 0 bridgehead atoms. The van der Waals surface area contributed by atoms with E-state index in [4.69, 9.17) is 4.74 Å². The molecule has 12 heteroatoms. The van der Waals surface area contributed by atoms with E-state index in [2.05, 4.69) is 15.0 Å². The molecule has 1 unspecified atom stereocenters. The van der Waals surface area contributed by atoms with Gasteiger partial charge in [0.2, 0.25) is 0 Å². The maximum atomic E-state index is 14.2. The largest absolute Gasteiger partial charge is 0.444 e. The summed E-state index contributed by atoms with van der Waals surface area (Å²) in [5, 5.41) is 9.04. The lowest BCUT2D eigenvalue weighted by Crippen LogP contribution is -2.59. The molecule has 190 valence electrons. The molecule has 1 aliphatic rings. The first-order valence-electron chi connectivity index (χ1n) is 11.4. The van der Waals surface area contributed by atoms with E-state index in [1.165, 1.54) is 29.2 Å². The maximum absolute atomic E-state index is 14.2. The molecule has 0 aromatic carbocycles. The van der Waals surface area contributed by atoms with Crippen LogP contribution in [0.1, 0.15) is 45.7 Å². The molecule has 1 amide bonds. The highest BCUT2D eigenvalue weighted by molar-refractivity contribution is 5.93. The van der Waals surface area contributed by atoms with Gasteiger partial charge in [0, 0.05) is 37.6 Å². The number of nitrogens with zero attached hydrogens (tertiary/aromatic N) is 7. The molecule has 2 atom stereocenters. The van der Waals surface area contributed by atoms with Gasteiger partial charge < -0.3 is 14.5 Å². The van der Waals surface area contributed by atoms with Crippen molar-refractivity contribution in [2.24, 2.45) is 0 Å². The van der Waals surface area contributed by atoms with E-state index in [1.807, 2.05) is 19.9 Å². The number of hydrogen-bond donors (Lipinski definition) is 0. The van der Waals surface area contributed by atoms with Gasteiger partial charge in [-0.05, 0) is 46.8 Å². The number of rotatable bonds is 2. The number of carbonyl (C=O) groups is 1. The molecule has 1 saturated heterocycles. The first kappa shape index (κ1) is 25.2. The zero-order valence-corrected chi connectivity index (χ0v) is 20.5. The molecular weight excluding hydrogens is 475 g/mol. The van der Waals surface area contributed by atoms with E-state index < -0.39 is 23.4 Å². The fourth-order valence-corrected chi connectivity index (χ4v) is 4.27. The summed E-state index contributed by atoms with van der Waals surface area (Å²) >= 11 is 0. The van der Waals surface area contributed by atoms with Crippen LogP contribution in [0, 0.1) is 11.3 Å². The van der Waals surface area contributed by atoms with Gasteiger partial charge in [-0.1, -0.05) is 0 Å². The highest BCUT2D eigenvalue weighted by atomic mass is 19.4. The molecule has 0 radical (unpaired) electrons. The lowest BCUT2D eigenvalue weighted by Gasteiger charge is -2.44. The quantitative estimate of drug-likeness (QED) is 0.508. The second-order valence-corrected chi connectivity index (χ2v) is 9.80. The van der Waals surface area contributed by atoms with Crippen molar-refractivity contribution >= 4 is 22.9 Å². The molecule has 3 aromatic rings. The summed E-state index contributed by atoms with van der Waals surface area (Å²) in [5.41, 5.74) is -1.31. The predicted molar refractivity (Wildman–Crippen MR) is 126 cm³/mol. The highest BCUT2D eigenvalue weighted by Crippen LogP contribution is 2.41. The summed E-state index contributed by atoms with van der Waals surface area (Å²) in [6.45, 7) is 9.45. The minimum absolute atomic E-state index is 0.0179. The summed E-state index contributed by atoms with van der Waals surface area (Å²) in [4.78, 5) is 28.6. The molecule has 0 saturated carbocycles. The second kappa shape index (κ2) is 8.96. The third-order valence-electron chi connectivity index (χ3n) is 5.88. The third kappa shape index (κ3) is 4.78. The molecule has 0 spiro atoms. The summed E-state index contributed by atoms with van der Waals surface area (Å²) in [6.07, 6.45) is -1.67. The van der Waals surface area contributed by atoms with Gasteiger partial charge in [-0.15, -0.1) is 0 Å². The standard InChI is InChI=1S/C24H26F3N7O2/c1-14-11-33(22(35)36-23(3,4)5)15(2)10-32(14)20-19-17(24(25,26)27)12-34(21(19)31-13-30-20)18-8-16(9-28)6-7-29-18/h6-8,12-15H,10-11H2,1-5H3/t14?,15-/m1/s1. The van der Waals surface area contributed by atoms with Crippen LogP contribution in [0.15, 0.2) is 30.9 Å². The topological polar surface area (TPSA) is 100 Å². The van der Waals surface area contributed by atoms with Gasteiger partial charge in [0.15, 0.2) is 5.65 Å². The van der Waals surface area contributed by atoms with Crippen molar-refractivity contribution in [3.63, 3.8) is 0 Å². The summed E-state index contributed by atoms with van der Waals surface area (Å²) in [5.74, 6) is 0.251. The average molecular weight is 502 g/mol. The number of ether oxygens (including phenoxy) is 1. The Kier molecular flexibility index (Phi) is 6.28. The summed E-state index contributed by atoms with van der Waals surface area (Å²) < 4.78 is 49.3. The van der Waals surface area contributed by atoms with Crippen molar-refractivity contribution in [1.82, 2.24) is 24.4 Å². The van der Waals surface area contributed by atoms with Crippen LogP contribution in [-0.4, -0.2) is 61.3 Å². The Morgan fingerprint density at radius 1 is 1.14 bits per heavy atom. The van der Waals surface area contributed by atoms with Crippen molar-refractivity contribution in [3.05, 3.63) is 42.0 Å². The number of alkyl halides is 3. The first-order valence-corrected chi connectivity index (χ1v) is 11.4. The number of piperazine rings is 1. The zero-order chi connectivity index (χ0) is 26.4. The fourth-order valence-electron chi connectivity index (χ4n) is 4.27. The molecule has 1 fully saturated rings. The number of amides is 1. The van der Waals surface area contributed by atoms with E-state index in [-0.39, 0.29) is 53.4 Å². The maximum Gasteiger partial charge on any atom is 0.418 e. The van der Waals surface area contributed by atoms with E-state index in [0.29, 0.717) is 0 Å². The second-order valence-electron chi connectivity index (χ2n) is 9.80. The molecule has 1 aliphatic heterocycles. The van der Waals surface area contributed by atoms with Crippen molar-refractivity contribution in [1.29, 1.82) is 5.26 Å². The molecule has 9 nitrogen and oxygen atoms in total. The van der Waals surface area contributed by atoms with Crippen LogP contribution in [0.25, 0.3) is 16.9 Å². The van der Waals surface area contributed by atoms with E-state index >= 15 is 0 Å². The van der Waals surface area contributed by atoms with Crippen molar-refractivity contribution < 1.29 is 22.7 Å². The number of halogens is 3. The Hall–Kier alpha value is -3.88. The van der Waals surface area contributed by atoms with E-state index in [9.17, 15) is 23.2 Å². The van der Waals surface area contributed by atoms with Gasteiger partial charge in [0.05, 0.1) is 22.6 Å². The van der Waals surface area contributed by atoms with Crippen LogP contribution >= 0.6 is 0 Å². The Balaban J connectivity index is 1.79.